The summed E-state index contributed by atoms with van der Waals surface area (Å²) in [6.07, 6.45) is 0.192. The number of hydrogen-bond donors (Lipinski definition) is 1. The van der Waals surface area contributed by atoms with E-state index in [9.17, 15) is 4.79 Å². The maximum Gasteiger partial charge on any atom is 0.225 e. The Labute approximate surface area is 151 Å². The molecule has 0 aliphatic carbocycles. The molecule has 0 saturated carbocycles. The fourth-order valence-electron chi connectivity index (χ4n) is 2.62. The van der Waals surface area contributed by atoms with Crippen LogP contribution in [0.3, 0.4) is 0 Å². The molecule has 3 rings (SSSR count). The topological polar surface area (TPSA) is 68.0 Å². The van der Waals surface area contributed by atoms with Crippen molar-refractivity contribution in [3.63, 3.8) is 0 Å². The lowest BCUT2D eigenvalue weighted by atomic mass is 9.95. The second-order valence-corrected chi connectivity index (χ2v) is 6.19. The zero-order chi connectivity index (χ0) is 17.8. The SMILES string of the molecule is Cc1nnc(C(CC(=O)Nc2cccc(Cl)c2C)c2ccccc2)o1. The van der Waals surface area contributed by atoms with Crippen molar-refractivity contribution in [2.45, 2.75) is 26.2 Å². The molecule has 1 aromatic heterocycles. The summed E-state index contributed by atoms with van der Waals surface area (Å²) in [5, 5.41) is 11.5. The minimum absolute atomic E-state index is 0.143. The molecule has 0 aliphatic rings. The smallest absolute Gasteiger partial charge is 0.225 e. The molecule has 25 heavy (non-hydrogen) atoms. The van der Waals surface area contributed by atoms with Gasteiger partial charge in [0.1, 0.15) is 0 Å². The highest BCUT2D eigenvalue weighted by Gasteiger charge is 2.23. The lowest BCUT2D eigenvalue weighted by Gasteiger charge is -2.15. The molecule has 0 aliphatic heterocycles. The molecule has 0 spiro atoms. The van der Waals surface area contributed by atoms with E-state index in [0.29, 0.717) is 22.5 Å². The third-order valence-corrected chi connectivity index (χ3v) is 4.38. The minimum atomic E-state index is -0.304. The monoisotopic (exact) mass is 355 g/mol. The van der Waals surface area contributed by atoms with E-state index in [4.69, 9.17) is 16.0 Å². The maximum absolute atomic E-state index is 12.6. The lowest BCUT2D eigenvalue weighted by molar-refractivity contribution is -0.116. The number of carbonyl (C=O) groups excluding carboxylic acids is 1. The van der Waals surface area contributed by atoms with Crippen molar-refractivity contribution < 1.29 is 9.21 Å². The van der Waals surface area contributed by atoms with Crippen molar-refractivity contribution in [3.05, 3.63) is 76.5 Å². The standard InChI is InChI=1S/C19H18ClN3O2/c1-12-16(20)9-6-10-17(12)21-18(24)11-15(14-7-4-3-5-8-14)19-23-22-13(2)25-19/h3-10,15H,11H2,1-2H3,(H,21,24). The van der Waals surface area contributed by atoms with Crippen LogP contribution >= 0.6 is 11.6 Å². The van der Waals surface area contributed by atoms with Gasteiger partial charge in [-0.15, -0.1) is 10.2 Å². The zero-order valence-corrected chi connectivity index (χ0v) is 14.7. The Morgan fingerprint density at radius 3 is 2.56 bits per heavy atom. The number of aryl methyl sites for hydroxylation is 1. The fourth-order valence-corrected chi connectivity index (χ4v) is 2.79. The summed E-state index contributed by atoms with van der Waals surface area (Å²) in [5.74, 6) is 0.459. The zero-order valence-electron chi connectivity index (χ0n) is 14.0. The number of carbonyl (C=O) groups is 1. The summed E-state index contributed by atoms with van der Waals surface area (Å²) in [5.41, 5.74) is 2.48. The summed E-state index contributed by atoms with van der Waals surface area (Å²) in [7, 11) is 0. The quantitative estimate of drug-likeness (QED) is 0.731. The fraction of sp³-hybridized carbons (Fsp3) is 0.211. The van der Waals surface area contributed by atoms with Crippen LogP contribution in [0.15, 0.2) is 52.9 Å². The second-order valence-electron chi connectivity index (χ2n) is 5.79. The third-order valence-electron chi connectivity index (χ3n) is 3.97. The van der Waals surface area contributed by atoms with Crippen LogP contribution in [0.5, 0.6) is 0 Å². The van der Waals surface area contributed by atoms with Gasteiger partial charge in [0.25, 0.3) is 0 Å². The largest absolute Gasteiger partial charge is 0.425 e. The first-order chi connectivity index (χ1) is 12.0. The molecule has 2 aromatic carbocycles. The van der Waals surface area contributed by atoms with Crippen LogP contribution in [0.1, 0.15) is 35.2 Å². The highest BCUT2D eigenvalue weighted by Crippen LogP contribution is 2.28. The van der Waals surface area contributed by atoms with E-state index in [0.717, 1.165) is 11.1 Å². The van der Waals surface area contributed by atoms with Crippen LogP contribution in [-0.2, 0) is 4.79 Å². The number of nitrogens with zero attached hydrogens (tertiary/aromatic N) is 2. The van der Waals surface area contributed by atoms with E-state index in [-0.39, 0.29) is 18.2 Å². The second kappa shape index (κ2) is 7.49. The normalized spacial score (nSPS) is 12.0. The molecule has 0 saturated heterocycles. The van der Waals surface area contributed by atoms with Crippen LogP contribution in [0, 0.1) is 13.8 Å². The van der Waals surface area contributed by atoms with Crippen molar-refractivity contribution in [1.29, 1.82) is 0 Å². The molecule has 6 heteroatoms. The van der Waals surface area contributed by atoms with Crippen LogP contribution in [0.2, 0.25) is 5.02 Å². The summed E-state index contributed by atoms with van der Waals surface area (Å²) in [6, 6.07) is 15.1. The van der Waals surface area contributed by atoms with Crippen LogP contribution in [0.25, 0.3) is 0 Å². The lowest BCUT2D eigenvalue weighted by Crippen LogP contribution is -2.17. The van der Waals surface area contributed by atoms with E-state index in [1.54, 1.807) is 19.1 Å². The Bertz CT molecular complexity index is 877. The predicted molar refractivity (Wildman–Crippen MR) is 96.8 cm³/mol. The molecule has 3 aromatic rings. The number of hydrogen-bond acceptors (Lipinski definition) is 4. The first-order valence-corrected chi connectivity index (χ1v) is 8.32. The van der Waals surface area contributed by atoms with E-state index < -0.39 is 0 Å². The summed E-state index contributed by atoms with van der Waals surface area (Å²) in [6.45, 7) is 3.60. The number of amides is 1. The Balaban J connectivity index is 1.83. The number of halogens is 1. The molecule has 0 radical (unpaired) electrons. The van der Waals surface area contributed by atoms with Gasteiger partial charge in [-0.25, -0.2) is 0 Å². The van der Waals surface area contributed by atoms with Crippen molar-refractivity contribution in [2.24, 2.45) is 0 Å². The van der Waals surface area contributed by atoms with Gasteiger partial charge >= 0.3 is 0 Å². The van der Waals surface area contributed by atoms with Gasteiger partial charge in [0.2, 0.25) is 17.7 Å². The van der Waals surface area contributed by atoms with E-state index in [1.807, 2.05) is 43.3 Å². The molecule has 1 atom stereocenters. The highest BCUT2D eigenvalue weighted by molar-refractivity contribution is 6.31. The van der Waals surface area contributed by atoms with Crippen LogP contribution < -0.4 is 5.32 Å². The first-order valence-electron chi connectivity index (χ1n) is 7.94. The average molecular weight is 356 g/mol. The number of anilines is 1. The Hall–Kier alpha value is -2.66. The Morgan fingerprint density at radius 2 is 1.88 bits per heavy atom. The molecule has 128 valence electrons. The van der Waals surface area contributed by atoms with Crippen LogP contribution in [-0.4, -0.2) is 16.1 Å². The van der Waals surface area contributed by atoms with Crippen molar-refractivity contribution in [3.8, 4) is 0 Å². The molecule has 1 amide bonds. The van der Waals surface area contributed by atoms with E-state index >= 15 is 0 Å². The minimum Gasteiger partial charge on any atom is -0.425 e. The van der Waals surface area contributed by atoms with Crippen LogP contribution in [0.4, 0.5) is 5.69 Å². The molecule has 1 unspecified atom stereocenters. The van der Waals surface area contributed by atoms with Gasteiger partial charge in [-0.1, -0.05) is 48.0 Å². The summed E-state index contributed by atoms with van der Waals surface area (Å²) in [4.78, 5) is 12.6. The molecule has 1 heterocycles. The molecular formula is C19H18ClN3O2. The number of benzene rings is 2. The Morgan fingerprint density at radius 1 is 1.12 bits per heavy atom. The van der Waals surface area contributed by atoms with Crippen molar-refractivity contribution in [2.75, 3.05) is 5.32 Å². The molecule has 0 bridgehead atoms. The molecule has 0 fully saturated rings. The number of nitrogens with one attached hydrogen (secondary N) is 1. The van der Waals surface area contributed by atoms with Crippen molar-refractivity contribution in [1.82, 2.24) is 10.2 Å². The molecular weight excluding hydrogens is 338 g/mol. The van der Waals surface area contributed by atoms with Gasteiger partial charge in [-0.3, -0.25) is 4.79 Å². The number of rotatable bonds is 5. The highest BCUT2D eigenvalue weighted by atomic mass is 35.5. The van der Waals surface area contributed by atoms with Crippen molar-refractivity contribution >= 4 is 23.2 Å². The number of aromatic nitrogens is 2. The van der Waals surface area contributed by atoms with Gasteiger partial charge in [0, 0.05) is 24.1 Å². The average Bonchev–Trinajstić information content (AvgIpc) is 3.04. The maximum atomic E-state index is 12.6. The van der Waals surface area contributed by atoms with Gasteiger partial charge in [0.15, 0.2) is 0 Å². The molecule has 1 N–H and O–H groups in total. The van der Waals surface area contributed by atoms with Gasteiger partial charge < -0.3 is 9.73 Å². The van der Waals surface area contributed by atoms with Gasteiger partial charge in [-0.2, -0.15) is 0 Å². The Kier molecular flexibility index (Phi) is 5.14. The van der Waals surface area contributed by atoms with Gasteiger partial charge in [0.05, 0.1) is 5.92 Å². The first kappa shape index (κ1) is 17.2. The summed E-state index contributed by atoms with van der Waals surface area (Å²) >= 11 is 6.11. The van der Waals surface area contributed by atoms with E-state index in [1.165, 1.54) is 0 Å². The summed E-state index contributed by atoms with van der Waals surface area (Å²) < 4.78 is 5.57. The third kappa shape index (κ3) is 4.06. The predicted octanol–water partition coefficient (Wildman–Crippen LogP) is 4.50. The molecule has 5 nitrogen and oxygen atoms in total. The van der Waals surface area contributed by atoms with E-state index in [2.05, 4.69) is 15.5 Å². The van der Waals surface area contributed by atoms with Gasteiger partial charge in [-0.05, 0) is 30.2 Å².